The molecule has 0 radical (unpaired) electrons. The lowest BCUT2D eigenvalue weighted by Gasteiger charge is -2.23. The van der Waals surface area contributed by atoms with Gasteiger partial charge in [-0.1, -0.05) is 38.1 Å². The van der Waals surface area contributed by atoms with Crippen molar-refractivity contribution in [3.8, 4) is 0 Å². The molecule has 2 unspecified atom stereocenters. The van der Waals surface area contributed by atoms with Crippen molar-refractivity contribution in [2.45, 2.75) is 37.2 Å². The van der Waals surface area contributed by atoms with Gasteiger partial charge in [-0.25, -0.2) is 17.2 Å². The normalized spacial score (nSPS) is 14.4. The van der Waals surface area contributed by atoms with Crippen molar-refractivity contribution in [2.24, 2.45) is 0 Å². The van der Waals surface area contributed by atoms with Crippen molar-refractivity contribution in [1.82, 2.24) is 0 Å². The molecule has 0 aromatic heterocycles. The molecule has 0 fully saturated rings. The lowest BCUT2D eigenvalue weighted by Crippen LogP contribution is -2.20. The summed E-state index contributed by atoms with van der Waals surface area (Å²) >= 11 is 0. The third-order valence-corrected chi connectivity index (χ3v) is 6.77. The maximum Gasteiger partial charge on any atom is 0.164 e. The summed E-state index contributed by atoms with van der Waals surface area (Å²) in [5, 5.41) is -1.63. The second kappa shape index (κ2) is 7.21. The van der Waals surface area contributed by atoms with Gasteiger partial charge in [0.15, 0.2) is 9.84 Å². The molecule has 0 saturated carbocycles. The maximum absolute atomic E-state index is 13.5. The molecule has 0 heterocycles. The Labute approximate surface area is 136 Å². The molecule has 0 spiro atoms. The van der Waals surface area contributed by atoms with Crippen LogP contribution in [-0.2, 0) is 9.84 Å². The van der Waals surface area contributed by atoms with Gasteiger partial charge in [0.2, 0.25) is 0 Å². The van der Waals surface area contributed by atoms with Crippen molar-refractivity contribution in [2.75, 3.05) is 0 Å². The summed E-state index contributed by atoms with van der Waals surface area (Å²) in [4.78, 5) is 0. The van der Waals surface area contributed by atoms with E-state index in [1.54, 1.807) is 26.0 Å². The third kappa shape index (κ3) is 3.78. The monoisotopic (exact) mass is 338 g/mol. The quantitative estimate of drug-likeness (QED) is 0.744. The molecule has 0 N–H and O–H groups in total. The zero-order valence-corrected chi connectivity index (χ0v) is 14.0. The van der Waals surface area contributed by atoms with Gasteiger partial charge in [-0.3, -0.25) is 0 Å². The number of hydrogen-bond donors (Lipinski definition) is 0. The Hall–Kier alpha value is -1.75. The summed E-state index contributed by atoms with van der Waals surface area (Å²) in [7, 11) is -3.64. The summed E-state index contributed by atoms with van der Waals surface area (Å²) < 4.78 is 53.1. The molecular weight excluding hydrogens is 318 g/mol. The molecule has 0 saturated heterocycles. The van der Waals surface area contributed by atoms with Crippen molar-refractivity contribution in [3.05, 3.63) is 71.3 Å². The fraction of sp³-hybridized carbons (Fsp3) is 0.333. The van der Waals surface area contributed by atoms with Crippen LogP contribution in [-0.4, -0.2) is 8.42 Å². The minimum absolute atomic E-state index is 0.331. The van der Waals surface area contributed by atoms with E-state index >= 15 is 0 Å². The standard InChI is InChI=1S/C18H20F2O2S/c1-3-17(13-7-5-9-15(19)11-13)23(21,22)18(4-2)14-8-6-10-16(20)12-14/h5-12,17-18H,3-4H2,1-2H3. The number of rotatable bonds is 6. The number of hydrogen-bond acceptors (Lipinski definition) is 2. The Kier molecular flexibility index (Phi) is 5.52. The van der Waals surface area contributed by atoms with Crippen LogP contribution in [0.15, 0.2) is 48.5 Å². The van der Waals surface area contributed by atoms with E-state index in [-0.39, 0.29) is 0 Å². The van der Waals surface area contributed by atoms with Crippen LogP contribution < -0.4 is 0 Å². The van der Waals surface area contributed by atoms with E-state index in [0.29, 0.717) is 24.0 Å². The highest BCUT2D eigenvalue weighted by Crippen LogP contribution is 2.38. The predicted molar refractivity (Wildman–Crippen MR) is 87.8 cm³/mol. The molecule has 0 aliphatic heterocycles. The summed E-state index contributed by atoms with van der Waals surface area (Å²) in [5.74, 6) is -0.926. The first-order chi connectivity index (χ1) is 10.9. The minimum Gasteiger partial charge on any atom is -0.228 e. The fourth-order valence-electron chi connectivity index (χ4n) is 2.93. The van der Waals surface area contributed by atoms with Crippen LogP contribution in [0.4, 0.5) is 8.78 Å². The highest BCUT2D eigenvalue weighted by molar-refractivity contribution is 7.91. The van der Waals surface area contributed by atoms with Crippen molar-refractivity contribution in [1.29, 1.82) is 0 Å². The van der Waals surface area contributed by atoms with Crippen molar-refractivity contribution >= 4 is 9.84 Å². The summed E-state index contributed by atoms with van der Waals surface area (Å²) in [6, 6.07) is 11.3. The van der Waals surface area contributed by atoms with Crippen molar-refractivity contribution in [3.63, 3.8) is 0 Å². The van der Waals surface area contributed by atoms with E-state index in [0.717, 1.165) is 0 Å². The molecule has 0 aliphatic rings. The maximum atomic E-state index is 13.5. The van der Waals surface area contributed by atoms with Gasteiger partial charge in [0.05, 0.1) is 10.5 Å². The fourth-order valence-corrected chi connectivity index (χ4v) is 5.31. The van der Waals surface area contributed by atoms with E-state index < -0.39 is 32.0 Å². The highest BCUT2D eigenvalue weighted by atomic mass is 32.2. The van der Waals surface area contributed by atoms with Crippen LogP contribution in [0.1, 0.15) is 48.3 Å². The van der Waals surface area contributed by atoms with Crippen LogP contribution >= 0.6 is 0 Å². The molecule has 2 aromatic carbocycles. The van der Waals surface area contributed by atoms with Crippen LogP contribution in [0.5, 0.6) is 0 Å². The molecule has 23 heavy (non-hydrogen) atoms. The third-order valence-electron chi connectivity index (χ3n) is 3.98. The van der Waals surface area contributed by atoms with Gasteiger partial charge in [-0.05, 0) is 48.2 Å². The smallest absolute Gasteiger partial charge is 0.164 e. The van der Waals surface area contributed by atoms with Crippen LogP contribution in [0.25, 0.3) is 0 Å². The second-order valence-electron chi connectivity index (χ2n) is 5.49. The molecule has 2 nitrogen and oxygen atoms in total. The Bertz CT molecular complexity index is 713. The van der Waals surface area contributed by atoms with E-state index in [2.05, 4.69) is 0 Å². The molecule has 0 bridgehead atoms. The topological polar surface area (TPSA) is 34.1 Å². The Morgan fingerprint density at radius 1 is 0.826 bits per heavy atom. The minimum atomic E-state index is -3.64. The van der Waals surface area contributed by atoms with Crippen molar-refractivity contribution < 1.29 is 17.2 Å². The summed E-state index contributed by atoms with van der Waals surface area (Å²) in [5.41, 5.74) is 0.865. The van der Waals surface area contributed by atoms with Gasteiger partial charge < -0.3 is 0 Å². The summed E-state index contributed by atoms with van der Waals surface area (Å²) in [6.45, 7) is 3.51. The molecular formula is C18H20F2O2S. The van der Waals surface area contributed by atoms with E-state index in [9.17, 15) is 17.2 Å². The molecule has 0 amide bonds. The lowest BCUT2D eigenvalue weighted by atomic mass is 10.1. The molecule has 124 valence electrons. The SMILES string of the molecule is CCC(c1cccc(F)c1)S(=O)(=O)C(CC)c1cccc(F)c1. The zero-order chi connectivity index (χ0) is 17.0. The van der Waals surface area contributed by atoms with E-state index in [1.165, 1.54) is 36.4 Å². The average molecular weight is 338 g/mol. The molecule has 5 heteroatoms. The van der Waals surface area contributed by atoms with Gasteiger partial charge in [0.1, 0.15) is 11.6 Å². The zero-order valence-electron chi connectivity index (χ0n) is 13.2. The lowest BCUT2D eigenvalue weighted by molar-refractivity contribution is 0.559. The number of sulfone groups is 1. The number of halogens is 2. The van der Waals surface area contributed by atoms with Gasteiger partial charge in [-0.15, -0.1) is 0 Å². The first-order valence-electron chi connectivity index (χ1n) is 7.63. The van der Waals surface area contributed by atoms with Crippen LogP contribution in [0.3, 0.4) is 0 Å². The van der Waals surface area contributed by atoms with Gasteiger partial charge in [0, 0.05) is 0 Å². The Morgan fingerprint density at radius 2 is 1.22 bits per heavy atom. The molecule has 2 rings (SSSR count). The van der Waals surface area contributed by atoms with Gasteiger partial charge in [0.25, 0.3) is 0 Å². The molecule has 2 atom stereocenters. The van der Waals surface area contributed by atoms with E-state index in [4.69, 9.17) is 0 Å². The van der Waals surface area contributed by atoms with E-state index in [1.807, 2.05) is 0 Å². The van der Waals surface area contributed by atoms with Gasteiger partial charge >= 0.3 is 0 Å². The average Bonchev–Trinajstić information content (AvgIpc) is 2.48. The second-order valence-corrected chi connectivity index (χ2v) is 7.81. The largest absolute Gasteiger partial charge is 0.228 e. The van der Waals surface area contributed by atoms with Gasteiger partial charge in [-0.2, -0.15) is 0 Å². The number of benzene rings is 2. The highest BCUT2D eigenvalue weighted by Gasteiger charge is 2.34. The first kappa shape index (κ1) is 17.6. The van der Waals surface area contributed by atoms with Crippen LogP contribution in [0.2, 0.25) is 0 Å². The van der Waals surface area contributed by atoms with Crippen LogP contribution in [0, 0.1) is 11.6 Å². The molecule has 0 aliphatic carbocycles. The first-order valence-corrected chi connectivity index (χ1v) is 9.24. The Morgan fingerprint density at radius 3 is 1.52 bits per heavy atom. The predicted octanol–water partition coefficient (Wildman–Crippen LogP) is 4.98. The Balaban J connectivity index is 2.48. The molecule has 2 aromatic rings. The summed E-state index contributed by atoms with van der Waals surface area (Å²) in [6.07, 6.45) is 0.662.